The van der Waals surface area contributed by atoms with E-state index in [4.69, 9.17) is 9.47 Å². The van der Waals surface area contributed by atoms with Gasteiger partial charge >= 0.3 is 0 Å². The van der Waals surface area contributed by atoms with E-state index < -0.39 is 5.60 Å². The lowest BCUT2D eigenvalue weighted by molar-refractivity contribution is -0.0274. The predicted molar refractivity (Wildman–Crippen MR) is 83.6 cm³/mol. The van der Waals surface area contributed by atoms with Crippen LogP contribution in [-0.2, 0) is 4.74 Å². The summed E-state index contributed by atoms with van der Waals surface area (Å²) in [5, 5.41) is 13.9. The van der Waals surface area contributed by atoms with Crippen LogP contribution in [0, 0.1) is 0 Å². The molecule has 1 aromatic carbocycles. The van der Waals surface area contributed by atoms with Crippen LogP contribution in [0.1, 0.15) is 45.2 Å². The van der Waals surface area contributed by atoms with Gasteiger partial charge in [0.05, 0.1) is 12.7 Å². The van der Waals surface area contributed by atoms with Crippen LogP contribution in [0.3, 0.4) is 0 Å². The molecule has 1 aromatic rings. The Balaban J connectivity index is 1.86. The van der Waals surface area contributed by atoms with Crippen molar-refractivity contribution in [2.24, 2.45) is 0 Å². The molecule has 3 atom stereocenters. The SMILES string of the molecule is CCCOc1ccc(C(C)NCC2(O)CCOC2C)cc1. The van der Waals surface area contributed by atoms with Crippen molar-refractivity contribution in [3.63, 3.8) is 0 Å². The fourth-order valence-electron chi connectivity index (χ4n) is 2.52. The zero-order valence-corrected chi connectivity index (χ0v) is 13.3. The molecule has 0 amide bonds. The first-order valence-electron chi connectivity index (χ1n) is 7.85. The van der Waals surface area contributed by atoms with E-state index in [9.17, 15) is 5.11 Å². The molecule has 4 nitrogen and oxygen atoms in total. The van der Waals surface area contributed by atoms with Crippen LogP contribution in [0.4, 0.5) is 0 Å². The second-order valence-electron chi connectivity index (χ2n) is 5.89. The Hall–Kier alpha value is -1.10. The van der Waals surface area contributed by atoms with Crippen LogP contribution in [-0.4, -0.2) is 36.6 Å². The van der Waals surface area contributed by atoms with Crippen LogP contribution < -0.4 is 10.1 Å². The van der Waals surface area contributed by atoms with Crippen LogP contribution in [0.25, 0.3) is 0 Å². The standard InChI is InChI=1S/C17H27NO3/c1-4-10-21-16-7-5-15(6-8-16)13(2)18-12-17(19)9-11-20-14(17)3/h5-8,13-14,18-19H,4,9-12H2,1-3H3. The summed E-state index contributed by atoms with van der Waals surface area (Å²) < 4.78 is 11.0. The third-order valence-electron chi connectivity index (χ3n) is 4.23. The van der Waals surface area contributed by atoms with Gasteiger partial charge in [0.1, 0.15) is 11.4 Å². The first kappa shape index (κ1) is 16.3. The van der Waals surface area contributed by atoms with Gasteiger partial charge in [0, 0.05) is 25.6 Å². The molecule has 0 radical (unpaired) electrons. The highest BCUT2D eigenvalue weighted by atomic mass is 16.5. The molecule has 0 bridgehead atoms. The van der Waals surface area contributed by atoms with Gasteiger partial charge < -0.3 is 19.9 Å². The van der Waals surface area contributed by atoms with E-state index in [1.807, 2.05) is 19.1 Å². The van der Waals surface area contributed by atoms with Crippen LogP contribution >= 0.6 is 0 Å². The summed E-state index contributed by atoms with van der Waals surface area (Å²) in [5.74, 6) is 0.907. The quantitative estimate of drug-likeness (QED) is 0.811. The zero-order valence-electron chi connectivity index (χ0n) is 13.3. The third kappa shape index (κ3) is 4.19. The van der Waals surface area contributed by atoms with Gasteiger partial charge in [0.15, 0.2) is 0 Å². The van der Waals surface area contributed by atoms with Crippen LogP contribution in [0.15, 0.2) is 24.3 Å². The molecule has 0 saturated carbocycles. The molecular formula is C17H27NO3. The minimum absolute atomic E-state index is 0.109. The monoisotopic (exact) mass is 293 g/mol. The van der Waals surface area contributed by atoms with Crippen molar-refractivity contribution in [2.45, 2.75) is 51.4 Å². The molecule has 2 rings (SSSR count). The molecular weight excluding hydrogens is 266 g/mol. The normalized spacial score (nSPS) is 26.8. The van der Waals surface area contributed by atoms with Gasteiger partial charge in [-0.25, -0.2) is 0 Å². The molecule has 0 aliphatic carbocycles. The third-order valence-corrected chi connectivity index (χ3v) is 4.23. The zero-order chi connectivity index (χ0) is 15.3. The first-order chi connectivity index (χ1) is 10.0. The highest BCUT2D eigenvalue weighted by Gasteiger charge is 2.39. The van der Waals surface area contributed by atoms with Gasteiger partial charge in [-0.15, -0.1) is 0 Å². The summed E-state index contributed by atoms with van der Waals surface area (Å²) in [6.07, 6.45) is 1.60. The molecule has 118 valence electrons. The molecule has 1 fully saturated rings. The number of ether oxygens (including phenoxy) is 2. The van der Waals surface area contributed by atoms with Crippen LogP contribution in [0.5, 0.6) is 5.75 Å². The Bertz CT molecular complexity index is 434. The summed E-state index contributed by atoms with van der Waals surface area (Å²) >= 11 is 0. The van der Waals surface area contributed by atoms with E-state index in [1.54, 1.807) is 0 Å². The summed E-state index contributed by atoms with van der Waals surface area (Å²) in [6.45, 7) is 8.06. The number of benzene rings is 1. The summed E-state index contributed by atoms with van der Waals surface area (Å²) in [7, 11) is 0. The Kier molecular flexibility index (Phi) is 5.62. The minimum Gasteiger partial charge on any atom is -0.494 e. The average molecular weight is 293 g/mol. The lowest BCUT2D eigenvalue weighted by Crippen LogP contribution is -2.46. The van der Waals surface area contributed by atoms with Crippen molar-refractivity contribution in [1.82, 2.24) is 5.32 Å². The van der Waals surface area contributed by atoms with Gasteiger partial charge in [-0.1, -0.05) is 19.1 Å². The van der Waals surface area contributed by atoms with E-state index in [0.717, 1.165) is 18.8 Å². The predicted octanol–water partition coefficient (Wildman–Crippen LogP) is 2.67. The fraction of sp³-hybridized carbons (Fsp3) is 0.647. The number of aliphatic hydroxyl groups is 1. The summed E-state index contributed by atoms with van der Waals surface area (Å²) in [6, 6.07) is 8.32. The van der Waals surface area contributed by atoms with Crippen molar-refractivity contribution >= 4 is 0 Å². The highest BCUT2D eigenvalue weighted by molar-refractivity contribution is 5.29. The van der Waals surface area contributed by atoms with Gasteiger partial charge in [-0.05, 0) is 38.0 Å². The fourth-order valence-corrected chi connectivity index (χ4v) is 2.52. The van der Waals surface area contributed by atoms with Gasteiger partial charge in [-0.2, -0.15) is 0 Å². The maximum absolute atomic E-state index is 10.5. The topological polar surface area (TPSA) is 50.7 Å². The lowest BCUT2D eigenvalue weighted by atomic mass is 9.96. The molecule has 1 saturated heterocycles. The average Bonchev–Trinajstić information content (AvgIpc) is 2.83. The highest BCUT2D eigenvalue weighted by Crippen LogP contribution is 2.26. The van der Waals surface area contributed by atoms with Crippen molar-refractivity contribution in [3.8, 4) is 5.75 Å². The number of nitrogens with one attached hydrogen (secondary N) is 1. The van der Waals surface area contributed by atoms with Gasteiger partial charge in [-0.3, -0.25) is 0 Å². The van der Waals surface area contributed by atoms with E-state index in [1.165, 1.54) is 5.56 Å². The summed E-state index contributed by atoms with van der Waals surface area (Å²) in [4.78, 5) is 0. The lowest BCUT2D eigenvalue weighted by Gasteiger charge is -2.28. The molecule has 0 spiro atoms. The van der Waals surface area contributed by atoms with Crippen molar-refractivity contribution in [1.29, 1.82) is 0 Å². The van der Waals surface area contributed by atoms with Crippen molar-refractivity contribution in [2.75, 3.05) is 19.8 Å². The maximum atomic E-state index is 10.5. The summed E-state index contributed by atoms with van der Waals surface area (Å²) in [5.41, 5.74) is 0.437. The minimum atomic E-state index is -0.752. The molecule has 4 heteroatoms. The van der Waals surface area contributed by atoms with E-state index in [0.29, 0.717) is 19.6 Å². The molecule has 1 aliphatic heterocycles. The second-order valence-corrected chi connectivity index (χ2v) is 5.89. The first-order valence-corrected chi connectivity index (χ1v) is 7.85. The maximum Gasteiger partial charge on any atom is 0.119 e. The smallest absolute Gasteiger partial charge is 0.119 e. The van der Waals surface area contributed by atoms with E-state index in [-0.39, 0.29) is 12.1 Å². The van der Waals surface area contributed by atoms with Crippen molar-refractivity contribution < 1.29 is 14.6 Å². The Morgan fingerprint density at radius 1 is 1.43 bits per heavy atom. The number of hydrogen-bond donors (Lipinski definition) is 2. The molecule has 1 aliphatic rings. The Morgan fingerprint density at radius 2 is 2.14 bits per heavy atom. The molecule has 21 heavy (non-hydrogen) atoms. The van der Waals surface area contributed by atoms with Gasteiger partial charge in [0.25, 0.3) is 0 Å². The van der Waals surface area contributed by atoms with Crippen molar-refractivity contribution in [3.05, 3.63) is 29.8 Å². The van der Waals surface area contributed by atoms with E-state index >= 15 is 0 Å². The largest absolute Gasteiger partial charge is 0.494 e. The molecule has 3 unspecified atom stereocenters. The number of rotatable bonds is 7. The molecule has 0 aromatic heterocycles. The van der Waals surface area contributed by atoms with Gasteiger partial charge in [0.2, 0.25) is 0 Å². The Labute approximate surface area is 127 Å². The molecule has 2 N–H and O–H groups in total. The number of hydrogen-bond acceptors (Lipinski definition) is 4. The van der Waals surface area contributed by atoms with Crippen LogP contribution in [0.2, 0.25) is 0 Å². The second kappa shape index (κ2) is 7.25. The molecule has 1 heterocycles. The van der Waals surface area contributed by atoms with E-state index in [2.05, 4.69) is 31.3 Å². The Morgan fingerprint density at radius 3 is 2.71 bits per heavy atom.